The predicted octanol–water partition coefficient (Wildman–Crippen LogP) is 6.39. The fourth-order valence-electron chi connectivity index (χ4n) is 3.29. The normalized spacial score (nSPS) is 11.4. The Labute approximate surface area is 140 Å². The van der Waals surface area contributed by atoms with Crippen molar-refractivity contribution in [1.29, 1.82) is 0 Å². The van der Waals surface area contributed by atoms with Gasteiger partial charge in [-0.3, -0.25) is 0 Å². The van der Waals surface area contributed by atoms with E-state index in [1.807, 2.05) is 0 Å². The van der Waals surface area contributed by atoms with Gasteiger partial charge >= 0.3 is 0 Å². The van der Waals surface area contributed by atoms with Crippen molar-refractivity contribution in [2.75, 3.05) is 0 Å². The lowest BCUT2D eigenvalue weighted by atomic mass is 10.0. The molecule has 0 heterocycles. The summed E-state index contributed by atoms with van der Waals surface area (Å²) in [7, 11) is -1.40. The maximum atomic E-state index is 3.73. The van der Waals surface area contributed by atoms with Gasteiger partial charge in [-0.05, 0) is 57.9 Å². The third-order valence-electron chi connectivity index (χ3n) is 5.24. The average Bonchev–Trinajstić information content (AvgIpc) is 2.61. The molecule has 0 saturated heterocycles. The van der Waals surface area contributed by atoms with Gasteiger partial charge in [-0.25, -0.2) is 0 Å². The van der Waals surface area contributed by atoms with E-state index in [0.29, 0.717) is 0 Å². The topological polar surface area (TPSA) is 0 Å². The monoisotopic (exact) mass is 316 g/mol. The number of rotatable bonds is 3. The van der Waals surface area contributed by atoms with E-state index >= 15 is 0 Å². The van der Waals surface area contributed by atoms with E-state index < -0.39 is 8.07 Å². The van der Waals surface area contributed by atoms with Gasteiger partial charge in [0.2, 0.25) is 0 Å². The summed E-state index contributed by atoms with van der Waals surface area (Å²) < 4.78 is 0. The second-order valence-corrected chi connectivity index (χ2v) is 11.2. The minimum atomic E-state index is -1.40. The molecule has 0 saturated carbocycles. The molecule has 0 amide bonds. The molecule has 0 aromatic heterocycles. The summed E-state index contributed by atoms with van der Waals surface area (Å²) in [5, 5.41) is 5.15. The number of benzene rings is 3. The molecule has 0 radical (unpaired) electrons. The van der Waals surface area contributed by atoms with Gasteiger partial charge in [0.05, 0.1) is 0 Å². The van der Waals surface area contributed by atoms with Crippen LogP contribution in [0.1, 0.15) is 26.3 Å². The molecule has 0 nitrogen and oxygen atoms in total. The van der Waals surface area contributed by atoms with Crippen LogP contribution < -0.4 is 0 Å². The molecule has 0 N–H and O–H groups in total. The highest BCUT2D eigenvalue weighted by molar-refractivity contribution is 6.87. The highest BCUT2D eigenvalue weighted by Gasteiger charge is 2.24. The lowest BCUT2D eigenvalue weighted by Crippen LogP contribution is -2.29. The van der Waals surface area contributed by atoms with Crippen molar-refractivity contribution in [1.82, 2.24) is 0 Å². The van der Waals surface area contributed by atoms with Crippen molar-refractivity contribution in [2.45, 2.75) is 38.9 Å². The zero-order chi connectivity index (χ0) is 16.3. The van der Waals surface area contributed by atoms with Crippen molar-refractivity contribution in [2.24, 2.45) is 0 Å². The Morgan fingerprint density at radius 2 is 1.35 bits per heavy atom. The first-order valence-corrected chi connectivity index (χ1v) is 11.3. The lowest BCUT2D eigenvalue weighted by molar-refractivity contribution is 1.20. The van der Waals surface area contributed by atoms with Crippen LogP contribution in [0, 0.1) is 11.5 Å². The first-order chi connectivity index (χ1) is 11.2. The van der Waals surface area contributed by atoms with Crippen LogP contribution in [0.25, 0.3) is 21.5 Å². The molecule has 0 aliphatic carbocycles. The largest absolute Gasteiger partial charge is 0.138 e. The molecule has 0 aliphatic rings. The Bertz CT molecular complexity index is 884. The summed E-state index contributed by atoms with van der Waals surface area (Å²) in [6.07, 6.45) is 0. The molecule has 0 unspecified atom stereocenters. The van der Waals surface area contributed by atoms with E-state index in [1.165, 1.54) is 45.2 Å². The van der Waals surface area contributed by atoms with E-state index in [9.17, 15) is 0 Å². The summed E-state index contributed by atoms with van der Waals surface area (Å²) in [4.78, 5) is 0. The van der Waals surface area contributed by atoms with Crippen molar-refractivity contribution >= 4 is 29.6 Å². The Balaban J connectivity index is 2.17. The summed E-state index contributed by atoms with van der Waals surface area (Å²) in [6, 6.07) is 23.4. The maximum Gasteiger partial charge on any atom is 0.138 e. The summed E-state index contributed by atoms with van der Waals surface area (Å²) >= 11 is 0. The summed E-state index contributed by atoms with van der Waals surface area (Å²) in [5.41, 5.74) is 4.91. The van der Waals surface area contributed by atoms with E-state index in [4.69, 9.17) is 0 Å². The van der Waals surface area contributed by atoms with E-state index in [-0.39, 0.29) is 0 Å². The quantitative estimate of drug-likeness (QED) is 0.298. The molecule has 3 rings (SSSR count). The fraction of sp³-hybridized carbons (Fsp3) is 0.273. The van der Waals surface area contributed by atoms with Crippen LogP contribution in [0.4, 0.5) is 0 Å². The number of fused-ring (bicyclic) bond motifs is 2. The minimum absolute atomic E-state index is 1.18. The van der Waals surface area contributed by atoms with Crippen molar-refractivity contribution in [3.8, 4) is 11.5 Å². The van der Waals surface area contributed by atoms with Crippen LogP contribution >= 0.6 is 0 Å². The van der Waals surface area contributed by atoms with Gasteiger partial charge in [-0.2, -0.15) is 0 Å². The first kappa shape index (κ1) is 15.8. The third-order valence-corrected chi connectivity index (χ3v) is 9.96. The Morgan fingerprint density at radius 1 is 0.739 bits per heavy atom. The molecular weight excluding hydrogens is 292 g/mol. The van der Waals surface area contributed by atoms with Gasteiger partial charge < -0.3 is 0 Å². The molecule has 0 aliphatic heterocycles. The molecule has 0 fully saturated rings. The van der Waals surface area contributed by atoms with E-state index in [0.717, 1.165) is 0 Å². The molecule has 3 aromatic carbocycles. The number of hydrogen-bond donors (Lipinski definition) is 0. The molecule has 23 heavy (non-hydrogen) atoms. The summed E-state index contributed by atoms with van der Waals surface area (Å²) in [5.74, 6) is 3.56. The Morgan fingerprint density at radius 3 is 2.00 bits per heavy atom. The van der Waals surface area contributed by atoms with E-state index in [2.05, 4.69) is 86.8 Å². The molecule has 0 bridgehead atoms. The van der Waals surface area contributed by atoms with Gasteiger partial charge in [0.25, 0.3) is 0 Å². The van der Waals surface area contributed by atoms with Gasteiger partial charge in [-0.1, -0.05) is 63.1 Å². The molecule has 1 heteroatoms. The first-order valence-electron chi connectivity index (χ1n) is 8.66. The third kappa shape index (κ3) is 3.05. The zero-order valence-electron chi connectivity index (χ0n) is 14.3. The minimum Gasteiger partial charge on any atom is -0.126 e. The summed E-state index contributed by atoms with van der Waals surface area (Å²) in [6.45, 7) is 6.93. The van der Waals surface area contributed by atoms with Crippen LogP contribution in [0.5, 0.6) is 0 Å². The van der Waals surface area contributed by atoms with Crippen LogP contribution in [-0.2, 0) is 0 Å². The number of hydrogen-bond acceptors (Lipinski definition) is 0. The smallest absolute Gasteiger partial charge is 0.126 e. The van der Waals surface area contributed by atoms with Crippen LogP contribution in [0.3, 0.4) is 0 Å². The van der Waals surface area contributed by atoms with Crippen LogP contribution in [0.2, 0.25) is 18.1 Å². The maximum absolute atomic E-state index is 3.73. The second-order valence-electron chi connectivity index (χ2n) is 6.32. The van der Waals surface area contributed by atoms with Crippen molar-refractivity contribution in [3.63, 3.8) is 0 Å². The fourth-order valence-corrected chi connectivity index (χ4v) is 5.72. The molecule has 3 aromatic rings. The molecule has 0 atom stereocenters. The standard InChI is InChI=1S/C22H24Si/c1-4-23(5-2,6-3)15-14-18-12-9-13-21-16-19-10-7-8-11-20(19)17-22(18)21/h7-13,16-17H,4-6H2,1-3H3. The lowest BCUT2D eigenvalue weighted by Gasteiger charge is -2.20. The van der Waals surface area contributed by atoms with Crippen LogP contribution in [0.15, 0.2) is 54.6 Å². The Kier molecular flexibility index (Phi) is 4.55. The average molecular weight is 317 g/mol. The van der Waals surface area contributed by atoms with Gasteiger partial charge in [0.1, 0.15) is 8.07 Å². The highest BCUT2D eigenvalue weighted by Crippen LogP contribution is 2.26. The second kappa shape index (κ2) is 6.60. The zero-order valence-corrected chi connectivity index (χ0v) is 15.3. The van der Waals surface area contributed by atoms with Gasteiger partial charge in [0, 0.05) is 5.56 Å². The molecular formula is C22H24Si. The molecule has 0 spiro atoms. The predicted molar refractivity (Wildman–Crippen MR) is 106 cm³/mol. The van der Waals surface area contributed by atoms with Gasteiger partial charge in [0.15, 0.2) is 0 Å². The molecule has 116 valence electrons. The Hall–Kier alpha value is -2.04. The van der Waals surface area contributed by atoms with Crippen molar-refractivity contribution in [3.05, 3.63) is 60.2 Å². The SMILES string of the molecule is CC[Si](C#Cc1cccc2cc3ccccc3cc12)(CC)CC. The highest BCUT2D eigenvalue weighted by atomic mass is 28.3. The van der Waals surface area contributed by atoms with Gasteiger partial charge in [-0.15, -0.1) is 5.54 Å². The van der Waals surface area contributed by atoms with E-state index in [1.54, 1.807) is 0 Å². The van der Waals surface area contributed by atoms with Crippen molar-refractivity contribution < 1.29 is 0 Å². The van der Waals surface area contributed by atoms with Crippen LogP contribution in [-0.4, -0.2) is 8.07 Å².